The van der Waals surface area contributed by atoms with Crippen LogP contribution in [-0.4, -0.2) is 109 Å². The zero-order valence-corrected chi connectivity index (χ0v) is 22.8. The molecule has 0 radical (unpaired) electrons. The second kappa shape index (κ2) is 16.6. The molecule has 1 N–H and O–H groups in total. The summed E-state index contributed by atoms with van der Waals surface area (Å²) in [7, 11) is 0. The standard InChI is InChI=1S/C29H42N4O6/c34-29(35)26-8-5-7-25(31-26)23-33-13-17-37-21-20-36-16-12-32(22-24-6-3-4-11-30-24)14-18-38-27-9-1-2-10-28(27)39-19-15-33/h3-8,11,27-28H,1-2,9-10,12-23H2,(H,34,35). The van der Waals surface area contributed by atoms with E-state index in [2.05, 4.69) is 19.8 Å². The summed E-state index contributed by atoms with van der Waals surface area (Å²) >= 11 is 0. The molecule has 0 spiro atoms. The number of carbonyl (C=O) groups is 1. The SMILES string of the molecule is O=C(O)c1cccc(CN2CCOCCOCCN(Cc3ccccn3)CCOC3CCCCC3OCC2)n1. The van der Waals surface area contributed by atoms with E-state index in [4.69, 9.17) is 18.9 Å². The monoisotopic (exact) mass is 542 g/mol. The average molecular weight is 543 g/mol. The van der Waals surface area contributed by atoms with Crippen molar-refractivity contribution in [3.05, 3.63) is 59.7 Å². The maximum Gasteiger partial charge on any atom is 0.354 e. The Hall–Kier alpha value is -2.47. The molecule has 3 heterocycles. The van der Waals surface area contributed by atoms with Crippen LogP contribution in [-0.2, 0) is 32.0 Å². The van der Waals surface area contributed by atoms with Gasteiger partial charge in [-0.05, 0) is 37.1 Å². The van der Waals surface area contributed by atoms with Gasteiger partial charge >= 0.3 is 5.97 Å². The lowest BCUT2D eigenvalue weighted by molar-refractivity contribution is -0.0993. The molecule has 2 fully saturated rings. The molecule has 0 aromatic carbocycles. The van der Waals surface area contributed by atoms with Gasteiger partial charge in [0, 0.05) is 45.5 Å². The minimum Gasteiger partial charge on any atom is -0.477 e. The van der Waals surface area contributed by atoms with E-state index in [1.54, 1.807) is 6.07 Å². The number of nitrogens with zero attached hydrogens (tertiary/aromatic N) is 4. The number of fused-ring (bicyclic) bond motifs is 1. The highest BCUT2D eigenvalue weighted by molar-refractivity contribution is 5.85. The van der Waals surface area contributed by atoms with Gasteiger partial charge in [-0.2, -0.15) is 0 Å². The number of carboxylic acid groups (broad SMARTS) is 1. The van der Waals surface area contributed by atoms with Gasteiger partial charge in [0.15, 0.2) is 0 Å². The highest BCUT2D eigenvalue weighted by Gasteiger charge is 2.27. The third-order valence-electron chi connectivity index (χ3n) is 7.12. The van der Waals surface area contributed by atoms with Crippen LogP contribution in [0.2, 0.25) is 0 Å². The minimum atomic E-state index is -1.02. The molecule has 2 unspecified atom stereocenters. The Morgan fingerprint density at radius 1 is 0.769 bits per heavy atom. The molecular formula is C29H42N4O6. The molecule has 1 aliphatic carbocycles. The summed E-state index contributed by atoms with van der Waals surface area (Å²) in [6.45, 7) is 7.67. The van der Waals surface area contributed by atoms with E-state index >= 15 is 0 Å². The molecule has 2 atom stereocenters. The first-order valence-corrected chi connectivity index (χ1v) is 14.1. The molecule has 39 heavy (non-hydrogen) atoms. The Labute approximate surface area is 231 Å². The van der Waals surface area contributed by atoms with Crippen molar-refractivity contribution in [1.29, 1.82) is 0 Å². The van der Waals surface area contributed by atoms with Gasteiger partial charge in [0.05, 0.1) is 63.2 Å². The molecule has 0 amide bonds. The van der Waals surface area contributed by atoms with Crippen molar-refractivity contribution in [2.24, 2.45) is 0 Å². The first-order chi connectivity index (χ1) is 19.2. The van der Waals surface area contributed by atoms with Crippen LogP contribution in [0.1, 0.15) is 47.6 Å². The molecule has 214 valence electrons. The van der Waals surface area contributed by atoms with Gasteiger partial charge in [-0.15, -0.1) is 0 Å². The van der Waals surface area contributed by atoms with E-state index in [0.29, 0.717) is 59.3 Å². The summed E-state index contributed by atoms with van der Waals surface area (Å²) in [6, 6.07) is 11.1. The minimum absolute atomic E-state index is 0.0549. The Balaban J connectivity index is 1.35. The molecule has 1 saturated carbocycles. The summed E-state index contributed by atoms with van der Waals surface area (Å²) < 4.78 is 24.5. The van der Waals surface area contributed by atoms with Crippen molar-refractivity contribution in [2.75, 3.05) is 65.8 Å². The van der Waals surface area contributed by atoms with E-state index in [1.807, 2.05) is 30.5 Å². The first kappa shape index (κ1) is 29.5. The molecule has 2 aromatic rings. The van der Waals surface area contributed by atoms with E-state index < -0.39 is 5.97 Å². The number of hydrogen-bond donors (Lipinski definition) is 1. The lowest BCUT2D eigenvalue weighted by atomic mass is 9.94. The van der Waals surface area contributed by atoms with Gasteiger partial charge in [0.25, 0.3) is 0 Å². The van der Waals surface area contributed by atoms with Crippen LogP contribution in [0, 0.1) is 0 Å². The van der Waals surface area contributed by atoms with Crippen molar-refractivity contribution in [2.45, 2.75) is 51.0 Å². The first-order valence-electron chi connectivity index (χ1n) is 14.1. The van der Waals surface area contributed by atoms with Crippen LogP contribution in [0.15, 0.2) is 42.6 Å². The highest BCUT2D eigenvalue weighted by atomic mass is 16.5. The van der Waals surface area contributed by atoms with Gasteiger partial charge < -0.3 is 24.1 Å². The Morgan fingerprint density at radius 2 is 1.36 bits per heavy atom. The molecule has 10 heteroatoms. The van der Waals surface area contributed by atoms with E-state index in [1.165, 1.54) is 6.07 Å². The van der Waals surface area contributed by atoms with Crippen molar-refractivity contribution in [3.63, 3.8) is 0 Å². The molecule has 2 aliphatic rings. The van der Waals surface area contributed by atoms with Gasteiger partial charge in [0.1, 0.15) is 5.69 Å². The topological polar surface area (TPSA) is 106 Å². The van der Waals surface area contributed by atoms with E-state index in [0.717, 1.165) is 56.7 Å². The van der Waals surface area contributed by atoms with Crippen LogP contribution in [0.3, 0.4) is 0 Å². The number of aromatic nitrogens is 2. The quantitative estimate of drug-likeness (QED) is 0.606. The number of pyridine rings is 2. The van der Waals surface area contributed by atoms with Crippen LogP contribution in [0.25, 0.3) is 0 Å². The molecule has 1 aliphatic heterocycles. The number of aromatic carboxylic acids is 1. The number of rotatable bonds is 5. The maximum absolute atomic E-state index is 11.3. The van der Waals surface area contributed by atoms with Crippen LogP contribution in [0.4, 0.5) is 0 Å². The van der Waals surface area contributed by atoms with Crippen molar-refractivity contribution < 1.29 is 28.8 Å². The van der Waals surface area contributed by atoms with Crippen molar-refractivity contribution in [3.8, 4) is 0 Å². The van der Waals surface area contributed by atoms with Crippen molar-refractivity contribution >= 4 is 5.97 Å². The average Bonchev–Trinajstić information content (AvgIpc) is 2.95. The lowest BCUT2D eigenvalue weighted by Crippen LogP contribution is -2.39. The third kappa shape index (κ3) is 10.6. The maximum atomic E-state index is 11.3. The fourth-order valence-corrected chi connectivity index (χ4v) is 5.00. The molecule has 2 aromatic heterocycles. The van der Waals surface area contributed by atoms with E-state index in [-0.39, 0.29) is 17.9 Å². The highest BCUT2D eigenvalue weighted by Crippen LogP contribution is 2.24. The van der Waals surface area contributed by atoms with Gasteiger partial charge in [0.2, 0.25) is 0 Å². The molecule has 10 nitrogen and oxygen atoms in total. The number of ether oxygens (including phenoxy) is 4. The Kier molecular flexibility index (Phi) is 12.6. The summed E-state index contributed by atoms with van der Waals surface area (Å²) in [5, 5.41) is 9.30. The predicted molar refractivity (Wildman–Crippen MR) is 146 cm³/mol. The Bertz CT molecular complexity index is 981. The van der Waals surface area contributed by atoms with Gasteiger partial charge in [-0.25, -0.2) is 9.78 Å². The largest absolute Gasteiger partial charge is 0.477 e. The van der Waals surface area contributed by atoms with Gasteiger partial charge in [-0.1, -0.05) is 25.0 Å². The van der Waals surface area contributed by atoms with Crippen LogP contribution >= 0.6 is 0 Å². The second-order valence-corrected chi connectivity index (χ2v) is 10.0. The predicted octanol–water partition coefficient (Wildman–Crippen LogP) is 2.87. The van der Waals surface area contributed by atoms with E-state index in [9.17, 15) is 9.90 Å². The second-order valence-electron chi connectivity index (χ2n) is 10.0. The molecule has 0 bridgehead atoms. The summed E-state index contributed by atoms with van der Waals surface area (Å²) in [5.41, 5.74) is 1.81. The summed E-state index contributed by atoms with van der Waals surface area (Å²) in [6.07, 6.45) is 6.32. The van der Waals surface area contributed by atoms with Crippen molar-refractivity contribution in [1.82, 2.24) is 19.8 Å². The number of carboxylic acids is 1. The zero-order valence-electron chi connectivity index (χ0n) is 22.8. The summed E-state index contributed by atoms with van der Waals surface area (Å²) in [5.74, 6) is -1.02. The smallest absolute Gasteiger partial charge is 0.354 e. The normalized spacial score (nSPS) is 23.8. The zero-order chi connectivity index (χ0) is 27.1. The summed E-state index contributed by atoms with van der Waals surface area (Å²) in [4.78, 5) is 24.7. The van der Waals surface area contributed by atoms with Crippen LogP contribution < -0.4 is 0 Å². The van der Waals surface area contributed by atoms with Crippen LogP contribution in [0.5, 0.6) is 0 Å². The molecule has 1 saturated heterocycles. The van der Waals surface area contributed by atoms with Gasteiger partial charge in [-0.3, -0.25) is 14.8 Å². The Morgan fingerprint density at radius 3 is 1.95 bits per heavy atom. The molecular weight excluding hydrogens is 500 g/mol. The fraction of sp³-hybridized carbons (Fsp3) is 0.621. The number of hydrogen-bond acceptors (Lipinski definition) is 9. The fourth-order valence-electron chi connectivity index (χ4n) is 5.00. The third-order valence-corrected chi connectivity index (χ3v) is 7.12. The lowest BCUT2D eigenvalue weighted by Gasteiger charge is -2.33. The molecule has 4 rings (SSSR count).